The third kappa shape index (κ3) is 6.33. The number of alkyl halides is 1. The van der Waals surface area contributed by atoms with Crippen LogP contribution >= 0.6 is 22.9 Å². The van der Waals surface area contributed by atoms with E-state index in [-0.39, 0.29) is 11.6 Å². The minimum atomic E-state index is -0.747. The quantitative estimate of drug-likeness (QED) is 0.446. The summed E-state index contributed by atoms with van der Waals surface area (Å²) in [5.74, 6) is -0.145. The van der Waals surface area contributed by atoms with Gasteiger partial charge in [0.25, 0.3) is 0 Å². The predicted octanol–water partition coefficient (Wildman–Crippen LogP) is 4.67. The Morgan fingerprint density at radius 3 is 2.59 bits per heavy atom. The monoisotopic (exact) mass is 408 g/mol. The molecule has 0 saturated carbocycles. The lowest BCUT2D eigenvalue weighted by molar-refractivity contribution is -0.131. The van der Waals surface area contributed by atoms with Gasteiger partial charge >= 0.3 is 5.97 Å². The van der Waals surface area contributed by atoms with E-state index >= 15 is 0 Å². The van der Waals surface area contributed by atoms with Gasteiger partial charge in [0, 0.05) is 11.9 Å². The Morgan fingerprint density at radius 1 is 1.26 bits per heavy atom. The molecule has 0 N–H and O–H groups in total. The molecular formula is C20H25ClN2O3S. The van der Waals surface area contributed by atoms with E-state index in [1.54, 1.807) is 17.2 Å². The van der Waals surface area contributed by atoms with Gasteiger partial charge in [-0.3, -0.25) is 4.79 Å². The van der Waals surface area contributed by atoms with Crippen molar-refractivity contribution in [2.45, 2.75) is 39.1 Å². The second kappa shape index (κ2) is 10.4. The van der Waals surface area contributed by atoms with Crippen LogP contribution in [0.15, 0.2) is 35.7 Å². The van der Waals surface area contributed by atoms with Crippen molar-refractivity contribution in [2.24, 2.45) is 5.92 Å². The number of hydrogen-bond donors (Lipinski definition) is 0. The molecule has 2 aromatic rings. The van der Waals surface area contributed by atoms with Crippen LogP contribution in [0.1, 0.15) is 53.6 Å². The van der Waals surface area contributed by atoms with Crippen LogP contribution in [0.4, 0.5) is 0 Å². The molecule has 27 heavy (non-hydrogen) atoms. The number of esters is 1. The normalized spacial score (nSPS) is 12.0. The molecule has 2 rings (SSSR count). The number of hydrogen-bond acceptors (Lipinski definition) is 5. The first-order valence-corrected chi connectivity index (χ1v) is 10.3. The second-order valence-corrected chi connectivity index (χ2v) is 7.94. The zero-order valence-electron chi connectivity index (χ0n) is 15.9. The van der Waals surface area contributed by atoms with E-state index in [0.29, 0.717) is 30.6 Å². The zero-order chi connectivity index (χ0) is 19.8. The van der Waals surface area contributed by atoms with Crippen molar-refractivity contribution in [1.82, 2.24) is 9.88 Å². The number of amides is 1. The molecule has 1 aromatic carbocycles. The largest absolute Gasteiger partial charge is 0.461 e. The molecule has 0 saturated heterocycles. The molecule has 0 unspecified atom stereocenters. The van der Waals surface area contributed by atoms with Crippen molar-refractivity contribution in [3.8, 4) is 0 Å². The second-order valence-electron chi connectivity index (χ2n) is 6.56. The van der Waals surface area contributed by atoms with Crippen molar-refractivity contribution in [3.63, 3.8) is 0 Å². The van der Waals surface area contributed by atoms with Crippen LogP contribution in [-0.4, -0.2) is 34.9 Å². The zero-order valence-corrected chi connectivity index (χ0v) is 17.4. The van der Waals surface area contributed by atoms with E-state index in [1.807, 2.05) is 30.3 Å². The van der Waals surface area contributed by atoms with Crippen molar-refractivity contribution >= 4 is 34.8 Å². The maximum atomic E-state index is 13.0. The van der Waals surface area contributed by atoms with Gasteiger partial charge < -0.3 is 9.64 Å². The Labute approximate surface area is 169 Å². The number of aromatic nitrogens is 1. The fourth-order valence-corrected chi connectivity index (χ4v) is 3.51. The van der Waals surface area contributed by atoms with E-state index in [4.69, 9.17) is 16.3 Å². The van der Waals surface area contributed by atoms with Crippen LogP contribution in [0.2, 0.25) is 0 Å². The molecule has 0 fully saturated rings. The molecular weight excluding hydrogens is 384 g/mol. The van der Waals surface area contributed by atoms with Gasteiger partial charge in [-0.15, -0.1) is 22.9 Å². The Kier molecular flexibility index (Phi) is 8.25. The van der Waals surface area contributed by atoms with E-state index in [1.165, 1.54) is 11.3 Å². The maximum Gasteiger partial charge on any atom is 0.357 e. The Hall–Kier alpha value is -1.92. The van der Waals surface area contributed by atoms with Crippen LogP contribution in [-0.2, 0) is 16.1 Å². The van der Waals surface area contributed by atoms with E-state index < -0.39 is 11.3 Å². The summed E-state index contributed by atoms with van der Waals surface area (Å²) in [7, 11) is 0. The minimum Gasteiger partial charge on any atom is -0.461 e. The molecule has 0 aliphatic carbocycles. The predicted molar refractivity (Wildman–Crippen MR) is 108 cm³/mol. The lowest BCUT2D eigenvalue weighted by Crippen LogP contribution is -2.34. The maximum absolute atomic E-state index is 13.0. The fourth-order valence-electron chi connectivity index (χ4n) is 2.45. The molecule has 0 bridgehead atoms. The van der Waals surface area contributed by atoms with Crippen LogP contribution < -0.4 is 0 Å². The minimum absolute atomic E-state index is 0.156. The number of carbonyl (C=O) groups excluding carboxylic acids is 2. The number of nitrogens with zero attached hydrogens (tertiary/aromatic N) is 2. The smallest absolute Gasteiger partial charge is 0.357 e. The summed E-state index contributed by atoms with van der Waals surface area (Å²) in [5, 5.41) is 1.60. The van der Waals surface area contributed by atoms with Crippen LogP contribution in [0, 0.1) is 5.92 Å². The molecule has 7 heteroatoms. The average molecular weight is 409 g/mol. The van der Waals surface area contributed by atoms with E-state index in [9.17, 15) is 9.59 Å². The number of ether oxygens (including phenoxy) is 1. The molecule has 0 spiro atoms. The van der Waals surface area contributed by atoms with Gasteiger partial charge in [0.1, 0.15) is 10.4 Å². The topological polar surface area (TPSA) is 59.5 Å². The molecule has 1 aromatic heterocycles. The fraction of sp³-hybridized carbons (Fsp3) is 0.450. The van der Waals surface area contributed by atoms with Gasteiger partial charge in [0.2, 0.25) is 5.91 Å². The van der Waals surface area contributed by atoms with Gasteiger partial charge in [-0.2, -0.15) is 0 Å². The molecule has 1 amide bonds. The number of benzene rings is 1. The SMILES string of the molecule is CCOC(=O)c1csc(CN(CCC(C)C)C(=O)[C@H](Cl)c2ccccc2)n1. The van der Waals surface area contributed by atoms with Crippen LogP contribution in [0.5, 0.6) is 0 Å². The van der Waals surface area contributed by atoms with Crippen molar-refractivity contribution in [1.29, 1.82) is 0 Å². The molecule has 1 heterocycles. The first-order chi connectivity index (χ1) is 12.9. The van der Waals surface area contributed by atoms with Crippen molar-refractivity contribution in [2.75, 3.05) is 13.2 Å². The summed E-state index contributed by atoms with van der Waals surface area (Å²) in [6, 6.07) is 9.31. The lowest BCUT2D eigenvalue weighted by Gasteiger charge is -2.25. The van der Waals surface area contributed by atoms with Crippen LogP contribution in [0.3, 0.4) is 0 Å². The van der Waals surface area contributed by atoms with Gasteiger partial charge in [0.15, 0.2) is 5.69 Å². The first kappa shape index (κ1) is 21.4. The average Bonchev–Trinajstić information content (AvgIpc) is 3.13. The van der Waals surface area contributed by atoms with E-state index in [2.05, 4.69) is 18.8 Å². The van der Waals surface area contributed by atoms with Gasteiger partial charge in [-0.1, -0.05) is 44.2 Å². The van der Waals surface area contributed by atoms with E-state index in [0.717, 1.165) is 12.0 Å². The van der Waals surface area contributed by atoms with Crippen molar-refractivity contribution in [3.05, 3.63) is 52.0 Å². The number of thiazole rings is 1. The molecule has 0 aliphatic heterocycles. The lowest BCUT2D eigenvalue weighted by atomic mass is 10.1. The number of rotatable bonds is 9. The number of carbonyl (C=O) groups is 2. The standard InChI is InChI=1S/C20H25ClN2O3S/c1-4-26-20(25)16-13-27-17(22-16)12-23(11-10-14(2)3)19(24)18(21)15-8-6-5-7-9-15/h5-9,13-14,18H,4,10-12H2,1-3H3/t18-/m1/s1. The highest BCUT2D eigenvalue weighted by molar-refractivity contribution is 7.09. The first-order valence-electron chi connectivity index (χ1n) is 9.01. The molecule has 146 valence electrons. The Morgan fingerprint density at radius 2 is 1.96 bits per heavy atom. The highest BCUT2D eigenvalue weighted by Crippen LogP contribution is 2.25. The van der Waals surface area contributed by atoms with Crippen LogP contribution in [0.25, 0.3) is 0 Å². The number of halogens is 1. The third-order valence-corrected chi connectivity index (χ3v) is 5.23. The summed E-state index contributed by atoms with van der Waals surface area (Å²) >= 11 is 7.79. The summed E-state index contributed by atoms with van der Waals surface area (Å²) in [6.45, 7) is 7.19. The molecule has 1 atom stereocenters. The van der Waals surface area contributed by atoms with Crippen molar-refractivity contribution < 1.29 is 14.3 Å². The highest BCUT2D eigenvalue weighted by Gasteiger charge is 2.25. The Bertz CT molecular complexity index is 749. The molecule has 0 aliphatic rings. The summed E-state index contributed by atoms with van der Waals surface area (Å²) in [4.78, 5) is 30.8. The van der Waals surface area contributed by atoms with Gasteiger partial charge in [-0.25, -0.2) is 9.78 Å². The third-order valence-electron chi connectivity index (χ3n) is 3.96. The molecule has 0 radical (unpaired) electrons. The summed E-state index contributed by atoms with van der Waals surface area (Å²) < 4.78 is 4.97. The molecule has 5 nitrogen and oxygen atoms in total. The van der Waals surface area contributed by atoms with Gasteiger partial charge in [0.05, 0.1) is 13.2 Å². The summed E-state index contributed by atoms with van der Waals surface area (Å²) in [5.41, 5.74) is 1.05. The highest BCUT2D eigenvalue weighted by atomic mass is 35.5. The van der Waals surface area contributed by atoms with Gasteiger partial charge in [-0.05, 0) is 24.8 Å². The summed E-state index contributed by atoms with van der Waals surface area (Å²) in [6.07, 6.45) is 0.861. The Balaban J connectivity index is 2.14.